The van der Waals surface area contributed by atoms with Gasteiger partial charge in [-0.05, 0) is 68.2 Å². The van der Waals surface area contributed by atoms with E-state index in [1.54, 1.807) is 0 Å². The van der Waals surface area contributed by atoms with Gasteiger partial charge in [-0.25, -0.2) is 0 Å². The normalized spacial score (nSPS) is 17.5. The third kappa shape index (κ3) is 4.18. The molecule has 0 unspecified atom stereocenters. The van der Waals surface area contributed by atoms with Crippen LogP contribution in [-0.2, 0) is 6.42 Å². The van der Waals surface area contributed by atoms with Crippen molar-refractivity contribution in [1.82, 2.24) is 15.2 Å². The van der Waals surface area contributed by atoms with Crippen molar-refractivity contribution in [1.29, 1.82) is 0 Å². The zero-order valence-corrected chi connectivity index (χ0v) is 16.3. The van der Waals surface area contributed by atoms with Crippen LogP contribution in [0.4, 0.5) is 0 Å². The molecule has 1 atom stereocenters. The van der Waals surface area contributed by atoms with Crippen molar-refractivity contribution in [3.63, 3.8) is 0 Å². The van der Waals surface area contributed by atoms with Crippen molar-refractivity contribution in [2.45, 2.75) is 25.3 Å². The molecule has 1 aliphatic rings. The highest BCUT2D eigenvalue weighted by atomic mass is 16.1. The Labute approximate surface area is 166 Å². The van der Waals surface area contributed by atoms with Crippen LogP contribution in [0.2, 0.25) is 0 Å². The summed E-state index contributed by atoms with van der Waals surface area (Å²) in [4.78, 5) is 18.0. The second-order valence-electron chi connectivity index (χ2n) is 7.58. The molecule has 2 heterocycles. The maximum Gasteiger partial charge on any atom is 0.251 e. The second-order valence-corrected chi connectivity index (χ2v) is 7.58. The van der Waals surface area contributed by atoms with Crippen LogP contribution in [0, 0.1) is 0 Å². The van der Waals surface area contributed by atoms with Gasteiger partial charge >= 0.3 is 0 Å². The number of aromatic amines is 1. The summed E-state index contributed by atoms with van der Waals surface area (Å²) in [6.07, 6.45) is 9.90. The standard InChI is InChI=1S/C24H27N3O/c1-27-14-6-10-21(27)16-20-17-26-23-12-11-18(15-22(20)23)7-5-13-25-24(28)19-8-3-2-4-9-19/h2-5,7-9,11-12,15,17,21,26H,6,10,13-14,16H2,1H3,(H,25,28)/t21-/m1/s1. The molecule has 3 aromatic rings. The minimum Gasteiger partial charge on any atom is -0.361 e. The van der Waals surface area contributed by atoms with E-state index in [0.717, 1.165) is 12.0 Å². The fraction of sp³-hybridized carbons (Fsp3) is 0.292. The number of carbonyl (C=O) groups excluding carboxylic acids is 1. The van der Waals surface area contributed by atoms with E-state index in [2.05, 4.69) is 52.7 Å². The summed E-state index contributed by atoms with van der Waals surface area (Å²) < 4.78 is 0. The molecule has 0 aliphatic carbocycles. The number of hydrogen-bond acceptors (Lipinski definition) is 2. The summed E-state index contributed by atoms with van der Waals surface area (Å²) >= 11 is 0. The van der Waals surface area contributed by atoms with Crippen LogP contribution in [0.5, 0.6) is 0 Å². The first kappa shape index (κ1) is 18.5. The average Bonchev–Trinajstić information content (AvgIpc) is 3.32. The Morgan fingerprint density at radius 2 is 2.11 bits per heavy atom. The first-order valence-corrected chi connectivity index (χ1v) is 10.0. The molecule has 4 heteroatoms. The highest BCUT2D eigenvalue weighted by Gasteiger charge is 2.22. The molecular formula is C24H27N3O. The topological polar surface area (TPSA) is 48.1 Å². The molecule has 0 radical (unpaired) electrons. The van der Waals surface area contributed by atoms with E-state index < -0.39 is 0 Å². The molecule has 1 saturated heterocycles. The third-order valence-corrected chi connectivity index (χ3v) is 5.65. The van der Waals surface area contributed by atoms with E-state index in [1.807, 2.05) is 36.4 Å². The van der Waals surface area contributed by atoms with Gasteiger partial charge in [0.05, 0.1) is 0 Å². The molecule has 28 heavy (non-hydrogen) atoms. The van der Waals surface area contributed by atoms with Crippen LogP contribution in [0.1, 0.15) is 34.3 Å². The number of carbonyl (C=O) groups is 1. The Morgan fingerprint density at radius 3 is 2.89 bits per heavy atom. The average molecular weight is 374 g/mol. The lowest BCUT2D eigenvalue weighted by Gasteiger charge is -2.18. The van der Waals surface area contributed by atoms with E-state index in [4.69, 9.17) is 0 Å². The van der Waals surface area contributed by atoms with Crippen LogP contribution in [0.3, 0.4) is 0 Å². The number of fused-ring (bicyclic) bond motifs is 1. The molecule has 1 fully saturated rings. The molecule has 0 saturated carbocycles. The Hall–Kier alpha value is -2.85. The Balaban J connectivity index is 1.40. The third-order valence-electron chi connectivity index (χ3n) is 5.65. The summed E-state index contributed by atoms with van der Waals surface area (Å²) in [5.74, 6) is -0.0469. The van der Waals surface area contributed by atoms with Gasteiger partial charge in [-0.3, -0.25) is 4.79 Å². The van der Waals surface area contributed by atoms with E-state index in [-0.39, 0.29) is 5.91 Å². The Bertz CT molecular complexity index is 974. The summed E-state index contributed by atoms with van der Waals surface area (Å²) in [5.41, 5.74) is 4.42. The molecule has 0 spiro atoms. The molecule has 4 rings (SSSR count). The number of amides is 1. The summed E-state index contributed by atoms with van der Waals surface area (Å²) in [5, 5.41) is 4.23. The predicted octanol–water partition coefficient (Wildman–Crippen LogP) is 4.25. The number of benzene rings is 2. The monoisotopic (exact) mass is 373 g/mol. The zero-order chi connectivity index (χ0) is 19.3. The summed E-state index contributed by atoms with van der Waals surface area (Å²) in [6, 6.07) is 16.4. The van der Waals surface area contributed by atoms with Crippen LogP contribution in [0.15, 0.2) is 60.8 Å². The Morgan fingerprint density at radius 1 is 1.25 bits per heavy atom. The fourth-order valence-electron chi connectivity index (χ4n) is 4.00. The molecule has 1 aliphatic heterocycles. The van der Waals surface area contributed by atoms with Crippen LogP contribution >= 0.6 is 0 Å². The number of likely N-dealkylation sites (N-methyl/N-ethyl adjacent to an activating group) is 1. The second kappa shape index (κ2) is 8.44. The predicted molar refractivity (Wildman–Crippen MR) is 115 cm³/mol. The molecule has 1 amide bonds. The van der Waals surface area contributed by atoms with Gasteiger partial charge in [0.2, 0.25) is 0 Å². The van der Waals surface area contributed by atoms with Crippen LogP contribution < -0.4 is 5.32 Å². The van der Waals surface area contributed by atoms with Crippen molar-refractivity contribution >= 4 is 22.9 Å². The number of H-pyrrole nitrogens is 1. The molecule has 4 nitrogen and oxygen atoms in total. The number of likely N-dealkylation sites (tertiary alicyclic amines) is 1. The maximum absolute atomic E-state index is 12.1. The smallest absolute Gasteiger partial charge is 0.251 e. The van der Waals surface area contributed by atoms with E-state index in [1.165, 1.54) is 35.9 Å². The molecular weight excluding hydrogens is 346 g/mol. The van der Waals surface area contributed by atoms with Gasteiger partial charge in [0.15, 0.2) is 0 Å². The van der Waals surface area contributed by atoms with Crippen LogP contribution in [-0.4, -0.2) is 42.0 Å². The number of nitrogens with zero attached hydrogens (tertiary/aromatic N) is 1. The van der Waals surface area contributed by atoms with Crippen LogP contribution in [0.25, 0.3) is 17.0 Å². The minimum atomic E-state index is -0.0469. The van der Waals surface area contributed by atoms with Gasteiger partial charge in [-0.1, -0.05) is 36.4 Å². The van der Waals surface area contributed by atoms with Crippen molar-refractivity contribution in [3.05, 3.63) is 77.5 Å². The number of hydrogen-bond donors (Lipinski definition) is 2. The molecule has 2 N–H and O–H groups in total. The first-order chi connectivity index (χ1) is 13.7. The molecule has 0 bridgehead atoms. The SMILES string of the molecule is CN1CCC[C@@H]1Cc1c[nH]c2ccc(C=CCNC(=O)c3ccccc3)cc12. The summed E-state index contributed by atoms with van der Waals surface area (Å²) in [7, 11) is 2.23. The van der Waals surface area contributed by atoms with E-state index in [0.29, 0.717) is 18.2 Å². The molecule has 2 aromatic carbocycles. The lowest BCUT2D eigenvalue weighted by atomic mass is 10.0. The quantitative estimate of drug-likeness (QED) is 0.679. The van der Waals surface area contributed by atoms with Crippen molar-refractivity contribution in [2.75, 3.05) is 20.1 Å². The number of aromatic nitrogens is 1. The molecule has 1 aromatic heterocycles. The first-order valence-electron chi connectivity index (χ1n) is 10.0. The van der Waals surface area contributed by atoms with Gasteiger partial charge < -0.3 is 15.2 Å². The van der Waals surface area contributed by atoms with Crippen molar-refractivity contribution < 1.29 is 4.79 Å². The molecule has 144 valence electrons. The largest absolute Gasteiger partial charge is 0.361 e. The van der Waals surface area contributed by atoms with E-state index >= 15 is 0 Å². The highest BCUT2D eigenvalue weighted by molar-refractivity contribution is 5.94. The fourth-order valence-corrected chi connectivity index (χ4v) is 4.00. The van der Waals surface area contributed by atoms with Gasteiger partial charge in [0, 0.05) is 35.2 Å². The number of rotatable bonds is 6. The van der Waals surface area contributed by atoms with Gasteiger partial charge in [-0.15, -0.1) is 0 Å². The Kier molecular flexibility index (Phi) is 5.58. The summed E-state index contributed by atoms with van der Waals surface area (Å²) in [6.45, 7) is 1.72. The number of nitrogens with one attached hydrogen (secondary N) is 2. The van der Waals surface area contributed by atoms with E-state index in [9.17, 15) is 4.79 Å². The van der Waals surface area contributed by atoms with Crippen molar-refractivity contribution in [3.8, 4) is 0 Å². The van der Waals surface area contributed by atoms with Crippen molar-refractivity contribution in [2.24, 2.45) is 0 Å². The zero-order valence-electron chi connectivity index (χ0n) is 16.3. The van der Waals surface area contributed by atoms with Gasteiger partial charge in [0.25, 0.3) is 5.91 Å². The minimum absolute atomic E-state index is 0.0469. The maximum atomic E-state index is 12.1. The van der Waals surface area contributed by atoms with Gasteiger partial charge in [-0.2, -0.15) is 0 Å². The lowest BCUT2D eigenvalue weighted by Crippen LogP contribution is -2.26. The lowest BCUT2D eigenvalue weighted by molar-refractivity contribution is 0.0958. The van der Waals surface area contributed by atoms with Gasteiger partial charge in [0.1, 0.15) is 0 Å². The highest BCUT2D eigenvalue weighted by Crippen LogP contribution is 2.25.